The summed E-state index contributed by atoms with van der Waals surface area (Å²) in [4.78, 5) is 24.1. The number of carbonyl (C=O) groups is 2. The van der Waals surface area contributed by atoms with Crippen LogP contribution < -0.4 is 0 Å². The molecule has 0 aliphatic heterocycles. The highest BCUT2D eigenvalue weighted by Gasteiger charge is 2.15. The minimum absolute atomic E-state index is 0.0955. The number of hydrogen-bond donors (Lipinski definition) is 2. The van der Waals surface area contributed by atoms with Gasteiger partial charge in [0, 0.05) is 19.4 Å². The molecule has 0 aromatic rings. The summed E-state index contributed by atoms with van der Waals surface area (Å²) in [5, 5.41) is 18.2. The molecule has 2 N–H and O–H groups in total. The maximum atomic E-state index is 12.1. The van der Waals surface area contributed by atoms with Crippen LogP contribution in [-0.4, -0.2) is 48.1 Å². The largest absolute Gasteiger partial charge is 0.462 e. The van der Waals surface area contributed by atoms with E-state index < -0.39 is 6.10 Å². The molecule has 0 bridgehead atoms. The average Bonchev–Trinajstić information content (AvgIpc) is 2.99. The fourth-order valence-corrected chi connectivity index (χ4v) is 4.47. The quantitative estimate of drug-likeness (QED) is 0.0482. The number of hydrogen-bond acceptors (Lipinski definition) is 6. The van der Waals surface area contributed by atoms with Crippen LogP contribution >= 0.6 is 0 Å². The molecule has 0 aliphatic rings. The normalized spacial score (nSPS) is 12.9. The minimum atomic E-state index is -0.805. The summed E-state index contributed by atoms with van der Waals surface area (Å²) in [6.45, 7) is 4.38. The Bertz CT molecular complexity index is 752. The Kier molecular flexibility index (Phi) is 31.1. The van der Waals surface area contributed by atoms with Crippen molar-refractivity contribution < 1.29 is 29.3 Å². The van der Waals surface area contributed by atoms with E-state index in [9.17, 15) is 14.7 Å². The Morgan fingerprint density at radius 1 is 0.581 bits per heavy atom. The summed E-state index contributed by atoms with van der Waals surface area (Å²) in [6.07, 6.45) is 36.2. The number of allylic oxidation sites excluding steroid dienone is 8. The van der Waals surface area contributed by atoms with Crippen LogP contribution in [0.5, 0.6) is 0 Å². The molecule has 6 nitrogen and oxygen atoms in total. The molecular weight excluding hydrogens is 540 g/mol. The second-order valence-electron chi connectivity index (χ2n) is 11.8. The summed E-state index contributed by atoms with van der Waals surface area (Å²) in [5.74, 6) is 0.122. The van der Waals surface area contributed by atoms with E-state index in [0.717, 1.165) is 76.5 Å². The Labute approximate surface area is 263 Å². The fourth-order valence-electron chi connectivity index (χ4n) is 4.47. The number of unbranched alkanes of at least 4 members (excludes halogenated alkanes) is 11. The van der Waals surface area contributed by atoms with Gasteiger partial charge in [0.2, 0.25) is 0 Å². The first-order valence-electron chi connectivity index (χ1n) is 17.2. The average molecular weight is 605 g/mol. The number of rotatable bonds is 30. The lowest BCUT2D eigenvalue weighted by molar-refractivity contribution is -0.161. The number of carbonyl (C=O) groups excluding carboxylic acids is 2. The van der Waals surface area contributed by atoms with Crippen molar-refractivity contribution in [2.75, 3.05) is 19.8 Å². The number of aliphatic hydroxyl groups is 2. The van der Waals surface area contributed by atoms with E-state index >= 15 is 0 Å². The molecule has 0 unspecified atom stereocenters. The lowest BCUT2D eigenvalue weighted by Crippen LogP contribution is -2.28. The molecule has 0 aromatic carbocycles. The Hall–Kier alpha value is -2.18. The Morgan fingerprint density at radius 2 is 1.07 bits per heavy atom. The standard InChI is InChI=1S/C37H64O6/c1-34(2)28-24-20-16-13-14-17-21-25-29-36(40)42-33-35(32-39)43-37(41)30-26-22-18-12-10-8-6-4-3-5-7-9-11-15-19-23-27-31-38/h3,5-6,8-9,11-12,18,34-35,38-39H,4,7,10,13-17,19-33H2,1-2H3/b5-3-,8-6-,11-9-,18-12-/t35-/m0/s1. The summed E-state index contributed by atoms with van der Waals surface area (Å²) in [5.41, 5.74) is 0. The summed E-state index contributed by atoms with van der Waals surface area (Å²) < 4.78 is 10.5. The molecule has 0 heterocycles. The van der Waals surface area contributed by atoms with Crippen molar-refractivity contribution in [3.63, 3.8) is 0 Å². The highest BCUT2D eigenvalue weighted by molar-refractivity contribution is 5.70. The van der Waals surface area contributed by atoms with Crippen molar-refractivity contribution in [1.29, 1.82) is 0 Å². The molecule has 248 valence electrons. The lowest BCUT2D eigenvalue weighted by atomic mass is 10.0. The monoisotopic (exact) mass is 604 g/mol. The van der Waals surface area contributed by atoms with Gasteiger partial charge in [-0.2, -0.15) is 0 Å². The zero-order valence-electron chi connectivity index (χ0n) is 27.6. The molecular formula is C37H64O6. The molecule has 0 fully saturated rings. The van der Waals surface area contributed by atoms with E-state index in [4.69, 9.17) is 14.6 Å². The van der Waals surface area contributed by atoms with Crippen LogP contribution in [0.3, 0.4) is 0 Å². The highest BCUT2D eigenvalue weighted by atomic mass is 16.6. The first-order valence-corrected chi connectivity index (χ1v) is 17.2. The van der Waals surface area contributed by atoms with Gasteiger partial charge < -0.3 is 19.7 Å². The lowest BCUT2D eigenvalue weighted by Gasteiger charge is -2.15. The van der Waals surface area contributed by atoms with E-state index in [-0.39, 0.29) is 31.6 Å². The van der Waals surface area contributed by atoms with Gasteiger partial charge in [-0.3, -0.25) is 9.59 Å². The molecule has 0 saturated carbocycles. The smallest absolute Gasteiger partial charge is 0.306 e. The fraction of sp³-hybridized carbons (Fsp3) is 0.730. The van der Waals surface area contributed by atoms with E-state index in [1.54, 1.807) is 0 Å². The molecule has 0 amide bonds. The second kappa shape index (κ2) is 32.7. The molecule has 0 aliphatic carbocycles. The Balaban J connectivity index is 3.72. The van der Waals surface area contributed by atoms with Crippen molar-refractivity contribution in [1.82, 2.24) is 0 Å². The second-order valence-corrected chi connectivity index (χ2v) is 11.8. The van der Waals surface area contributed by atoms with Gasteiger partial charge >= 0.3 is 11.9 Å². The van der Waals surface area contributed by atoms with Crippen LogP contribution in [0.15, 0.2) is 48.6 Å². The van der Waals surface area contributed by atoms with Crippen LogP contribution in [0.2, 0.25) is 0 Å². The van der Waals surface area contributed by atoms with Crippen LogP contribution in [0.4, 0.5) is 0 Å². The minimum Gasteiger partial charge on any atom is -0.462 e. The maximum Gasteiger partial charge on any atom is 0.306 e. The number of esters is 2. The summed E-state index contributed by atoms with van der Waals surface area (Å²) in [7, 11) is 0. The van der Waals surface area contributed by atoms with Crippen molar-refractivity contribution in [2.45, 2.75) is 148 Å². The van der Waals surface area contributed by atoms with Crippen molar-refractivity contribution in [3.05, 3.63) is 48.6 Å². The van der Waals surface area contributed by atoms with Gasteiger partial charge in [-0.05, 0) is 63.7 Å². The van der Waals surface area contributed by atoms with Crippen molar-refractivity contribution in [2.24, 2.45) is 5.92 Å². The first kappa shape index (κ1) is 40.8. The van der Waals surface area contributed by atoms with E-state index in [2.05, 4.69) is 62.5 Å². The first-order chi connectivity index (χ1) is 21.0. The van der Waals surface area contributed by atoms with Gasteiger partial charge in [0.1, 0.15) is 6.61 Å². The van der Waals surface area contributed by atoms with Gasteiger partial charge in [0.15, 0.2) is 6.10 Å². The topological polar surface area (TPSA) is 93.1 Å². The predicted molar refractivity (Wildman–Crippen MR) is 179 cm³/mol. The van der Waals surface area contributed by atoms with Gasteiger partial charge in [-0.25, -0.2) is 0 Å². The van der Waals surface area contributed by atoms with Crippen LogP contribution in [0.25, 0.3) is 0 Å². The third kappa shape index (κ3) is 32.6. The van der Waals surface area contributed by atoms with Gasteiger partial charge in [-0.15, -0.1) is 0 Å². The van der Waals surface area contributed by atoms with Gasteiger partial charge in [0.25, 0.3) is 0 Å². The van der Waals surface area contributed by atoms with Crippen molar-refractivity contribution >= 4 is 11.9 Å². The van der Waals surface area contributed by atoms with Crippen LogP contribution in [0.1, 0.15) is 142 Å². The molecule has 0 radical (unpaired) electrons. The summed E-state index contributed by atoms with van der Waals surface area (Å²) in [6, 6.07) is 0. The molecule has 1 atom stereocenters. The maximum absolute atomic E-state index is 12.1. The molecule has 0 spiro atoms. The zero-order chi connectivity index (χ0) is 31.6. The van der Waals surface area contributed by atoms with Gasteiger partial charge in [0.05, 0.1) is 6.61 Å². The predicted octanol–water partition coefficient (Wildman–Crippen LogP) is 9.11. The van der Waals surface area contributed by atoms with Crippen LogP contribution in [0, 0.1) is 5.92 Å². The molecule has 6 heteroatoms. The van der Waals surface area contributed by atoms with Crippen LogP contribution in [-0.2, 0) is 19.1 Å². The summed E-state index contributed by atoms with van der Waals surface area (Å²) >= 11 is 0. The third-order valence-corrected chi connectivity index (χ3v) is 7.11. The highest BCUT2D eigenvalue weighted by Crippen LogP contribution is 2.13. The van der Waals surface area contributed by atoms with Crippen molar-refractivity contribution in [3.8, 4) is 0 Å². The number of aliphatic hydroxyl groups excluding tert-OH is 2. The number of ether oxygens (including phenoxy) is 2. The van der Waals surface area contributed by atoms with E-state index in [1.165, 1.54) is 38.5 Å². The molecule has 0 rings (SSSR count). The zero-order valence-corrected chi connectivity index (χ0v) is 27.6. The Morgan fingerprint density at radius 3 is 1.63 bits per heavy atom. The SMILES string of the molecule is CC(C)CCCCCCCCCCC(=O)OC[C@H](CO)OC(=O)CCC/C=C\C/C=C\C/C=C\C/C=C\CCCCCO. The molecule has 0 saturated heterocycles. The third-order valence-electron chi connectivity index (χ3n) is 7.11. The van der Waals surface area contributed by atoms with E-state index in [0.29, 0.717) is 19.4 Å². The molecule has 43 heavy (non-hydrogen) atoms. The molecule has 0 aromatic heterocycles. The van der Waals surface area contributed by atoms with Gasteiger partial charge in [-0.1, -0.05) is 120 Å². The van der Waals surface area contributed by atoms with E-state index in [1.807, 2.05) is 0 Å².